The van der Waals surface area contributed by atoms with Crippen molar-refractivity contribution in [2.75, 3.05) is 40.6 Å². The molecule has 47 heavy (non-hydrogen) atoms. The summed E-state index contributed by atoms with van der Waals surface area (Å²) in [4.78, 5) is 35.8. The molecule has 0 fully saturated rings. The van der Waals surface area contributed by atoms with Crippen molar-refractivity contribution in [2.24, 2.45) is 0 Å². The summed E-state index contributed by atoms with van der Waals surface area (Å²) >= 11 is 0. The Balaban J connectivity index is 1.25. The molecule has 0 saturated heterocycles. The molecular formula is C35H35FN4O7. The molecule has 6 rings (SSSR count). The van der Waals surface area contributed by atoms with E-state index in [1.54, 1.807) is 37.1 Å². The van der Waals surface area contributed by atoms with Crippen molar-refractivity contribution in [3.63, 3.8) is 0 Å². The first kappa shape index (κ1) is 31.9. The molecule has 0 N–H and O–H groups in total. The Labute approximate surface area is 270 Å². The van der Waals surface area contributed by atoms with Crippen LogP contribution < -0.4 is 19.8 Å². The van der Waals surface area contributed by atoms with E-state index < -0.39 is 11.6 Å². The van der Waals surface area contributed by atoms with Crippen molar-refractivity contribution in [3.8, 4) is 28.8 Å². The van der Waals surface area contributed by atoms with E-state index in [1.165, 1.54) is 18.5 Å². The lowest BCUT2D eigenvalue weighted by atomic mass is 9.99. The first-order chi connectivity index (χ1) is 23.0. The minimum absolute atomic E-state index is 0.120. The number of ether oxygens (including phenoxy) is 5. The van der Waals surface area contributed by atoms with Crippen LogP contribution in [0.5, 0.6) is 23.1 Å². The quantitative estimate of drug-likeness (QED) is 0.117. The lowest BCUT2D eigenvalue weighted by Gasteiger charge is -2.19. The monoisotopic (exact) mass is 642 g/mol. The number of benzene rings is 3. The molecule has 5 aromatic rings. The highest BCUT2D eigenvalue weighted by Crippen LogP contribution is 2.36. The largest absolute Gasteiger partial charge is 0.487 e. The summed E-state index contributed by atoms with van der Waals surface area (Å²) < 4.78 is 46.8. The molecule has 0 bridgehead atoms. The third-order valence-corrected chi connectivity index (χ3v) is 7.91. The highest BCUT2D eigenvalue weighted by molar-refractivity contribution is 5.98. The van der Waals surface area contributed by atoms with E-state index in [4.69, 9.17) is 23.7 Å². The van der Waals surface area contributed by atoms with Crippen molar-refractivity contribution in [1.82, 2.24) is 19.3 Å². The fraction of sp³-hybridized carbons (Fsp3) is 0.314. The molecule has 0 saturated carbocycles. The van der Waals surface area contributed by atoms with E-state index in [-0.39, 0.29) is 41.3 Å². The molecular weight excluding hydrogens is 607 g/mol. The summed E-state index contributed by atoms with van der Waals surface area (Å²) in [7, 11) is 3.16. The smallest absolute Gasteiger partial charge is 0.282 e. The average Bonchev–Trinajstić information content (AvgIpc) is 3.38. The van der Waals surface area contributed by atoms with Crippen LogP contribution in [0.4, 0.5) is 4.39 Å². The van der Waals surface area contributed by atoms with Gasteiger partial charge >= 0.3 is 0 Å². The number of rotatable bonds is 14. The van der Waals surface area contributed by atoms with Crippen molar-refractivity contribution in [1.29, 1.82) is 0 Å². The Bertz CT molecular complexity index is 1940. The standard InChI is InChI=1S/C35H35FN4O7/c1-43-14-16-45-31-20-26-28(21-32(31)46-17-15-44-2)37-22-38-34(26)47-25-12-11-23(27(36)19-25)18-30(41)33-29-10-6-7-13-39(29)40(35(33)42)24-8-4-3-5-9-24/h3-5,8-9,11-12,19-22H,6-7,10,13-18H2,1-2H3. The number of carbonyl (C=O) groups is 1. The molecule has 12 heteroatoms. The zero-order valence-electron chi connectivity index (χ0n) is 26.2. The molecule has 3 aromatic carbocycles. The van der Waals surface area contributed by atoms with Gasteiger partial charge < -0.3 is 23.7 Å². The Kier molecular flexibility index (Phi) is 9.89. The van der Waals surface area contributed by atoms with Crippen molar-refractivity contribution in [2.45, 2.75) is 32.2 Å². The van der Waals surface area contributed by atoms with Crippen LogP contribution >= 0.6 is 0 Å². The summed E-state index contributed by atoms with van der Waals surface area (Å²) in [6.07, 6.45) is 3.46. The van der Waals surface area contributed by atoms with Gasteiger partial charge in [-0.05, 0) is 49.1 Å². The number of halogens is 1. The Morgan fingerprint density at radius 3 is 2.36 bits per heavy atom. The predicted molar refractivity (Wildman–Crippen MR) is 172 cm³/mol. The van der Waals surface area contributed by atoms with Crippen LogP contribution in [0.3, 0.4) is 0 Å². The van der Waals surface area contributed by atoms with Gasteiger partial charge in [-0.15, -0.1) is 0 Å². The van der Waals surface area contributed by atoms with E-state index in [9.17, 15) is 9.59 Å². The molecule has 0 radical (unpaired) electrons. The van der Waals surface area contributed by atoms with Crippen LogP contribution in [-0.2, 0) is 28.9 Å². The van der Waals surface area contributed by atoms with Crippen LogP contribution in [0.15, 0.2) is 71.8 Å². The third-order valence-electron chi connectivity index (χ3n) is 7.91. The molecule has 1 aliphatic heterocycles. The number of aromatic nitrogens is 4. The molecule has 11 nitrogen and oxygen atoms in total. The van der Waals surface area contributed by atoms with Crippen LogP contribution in [0.25, 0.3) is 16.6 Å². The number of carbonyl (C=O) groups excluding carboxylic acids is 1. The summed E-state index contributed by atoms with van der Waals surface area (Å²) in [5.74, 6) is 0.200. The van der Waals surface area contributed by atoms with E-state index in [0.29, 0.717) is 66.6 Å². The first-order valence-corrected chi connectivity index (χ1v) is 15.4. The van der Waals surface area contributed by atoms with Gasteiger partial charge in [-0.1, -0.05) is 24.3 Å². The van der Waals surface area contributed by atoms with Crippen LogP contribution in [0, 0.1) is 5.82 Å². The molecule has 0 atom stereocenters. The molecule has 244 valence electrons. The van der Waals surface area contributed by atoms with Crippen molar-refractivity contribution >= 4 is 16.7 Å². The number of para-hydroxylation sites is 1. The average molecular weight is 643 g/mol. The van der Waals surface area contributed by atoms with Gasteiger partial charge in [-0.2, -0.15) is 0 Å². The zero-order chi connectivity index (χ0) is 32.8. The van der Waals surface area contributed by atoms with Crippen LogP contribution in [0.2, 0.25) is 0 Å². The van der Waals surface area contributed by atoms with E-state index in [0.717, 1.165) is 12.8 Å². The minimum Gasteiger partial charge on any atom is -0.487 e. The SMILES string of the molecule is COCCOc1cc2ncnc(Oc3ccc(CC(=O)c4c5n(n(-c6ccccc6)c4=O)CCCC5)c(F)c3)c2cc1OCCOC. The maximum absolute atomic E-state index is 15.5. The van der Waals surface area contributed by atoms with Crippen molar-refractivity contribution < 1.29 is 32.9 Å². The summed E-state index contributed by atoms with van der Waals surface area (Å²) in [6.45, 7) is 1.98. The number of Topliss-reactive ketones (excluding diaryl/α,β-unsaturated/α-hetero) is 1. The summed E-state index contributed by atoms with van der Waals surface area (Å²) in [5.41, 5.74) is 1.81. The highest BCUT2D eigenvalue weighted by Gasteiger charge is 2.28. The number of hydrogen-bond donors (Lipinski definition) is 0. The second-order valence-electron chi connectivity index (χ2n) is 11.0. The predicted octanol–water partition coefficient (Wildman–Crippen LogP) is 5.33. The normalized spacial score (nSPS) is 12.6. The molecule has 0 unspecified atom stereocenters. The lowest BCUT2D eigenvalue weighted by molar-refractivity contribution is 0.0989. The number of ketones is 1. The van der Waals surface area contributed by atoms with Crippen LogP contribution in [0.1, 0.15) is 34.5 Å². The molecule has 1 aliphatic rings. The summed E-state index contributed by atoms with van der Waals surface area (Å²) in [5, 5.41) is 0.520. The van der Waals surface area contributed by atoms with Crippen molar-refractivity contribution in [3.05, 3.63) is 100.0 Å². The Morgan fingerprint density at radius 1 is 0.894 bits per heavy atom. The fourth-order valence-electron chi connectivity index (χ4n) is 5.66. The summed E-state index contributed by atoms with van der Waals surface area (Å²) in [6, 6.07) is 16.9. The second-order valence-corrected chi connectivity index (χ2v) is 11.0. The van der Waals surface area contributed by atoms with Gasteiger partial charge in [-0.25, -0.2) is 19.0 Å². The van der Waals surface area contributed by atoms with Gasteiger partial charge in [0.05, 0.1) is 35.5 Å². The minimum atomic E-state index is -0.636. The topological polar surface area (TPSA) is 116 Å². The number of nitrogens with zero attached hydrogens (tertiary/aromatic N) is 4. The van der Waals surface area contributed by atoms with E-state index in [2.05, 4.69) is 9.97 Å². The third kappa shape index (κ3) is 6.88. The molecule has 0 amide bonds. The number of fused-ring (bicyclic) bond motifs is 2. The van der Waals surface area contributed by atoms with Gasteiger partial charge in [-0.3, -0.25) is 14.3 Å². The molecule has 0 aliphatic carbocycles. The fourth-order valence-corrected chi connectivity index (χ4v) is 5.66. The molecule has 0 spiro atoms. The zero-order valence-corrected chi connectivity index (χ0v) is 26.2. The Morgan fingerprint density at radius 2 is 1.64 bits per heavy atom. The van der Waals surface area contributed by atoms with E-state index >= 15 is 4.39 Å². The number of methoxy groups -OCH3 is 2. The molecule has 3 heterocycles. The Hall–Kier alpha value is -5.07. The van der Waals surface area contributed by atoms with E-state index in [1.807, 2.05) is 35.0 Å². The second kappa shape index (κ2) is 14.6. The molecule has 2 aromatic heterocycles. The highest BCUT2D eigenvalue weighted by atomic mass is 19.1. The van der Waals surface area contributed by atoms with Gasteiger partial charge in [0.2, 0.25) is 5.88 Å². The van der Waals surface area contributed by atoms with Gasteiger partial charge in [0.1, 0.15) is 36.7 Å². The van der Waals surface area contributed by atoms with Gasteiger partial charge in [0.15, 0.2) is 17.3 Å². The van der Waals surface area contributed by atoms with Gasteiger partial charge in [0.25, 0.3) is 5.56 Å². The van der Waals surface area contributed by atoms with Gasteiger partial charge in [0, 0.05) is 39.3 Å². The maximum atomic E-state index is 15.5. The maximum Gasteiger partial charge on any atom is 0.282 e. The number of hydrogen-bond acceptors (Lipinski definition) is 9. The lowest BCUT2D eigenvalue weighted by Crippen LogP contribution is -2.24. The van der Waals surface area contributed by atoms with Crippen LogP contribution in [-0.4, -0.2) is 65.8 Å². The first-order valence-electron chi connectivity index (χ1n) is 15.4.